The van der Waals surface area contributed by atoms with E-state index in [-0.39, 0.29) is 16.1 Å². The van der Waals surface area contributed by atoms with E-state index >= 15 is 0 Å². The quantitative estimate of drug-likeness (QED) is 0.852. The van der Waals surface area contributed by atoms with Gasteiger partial charge in [0.1, 0.15) is 0 Å². The van der Waals surface area contributed by atoms with Gasteiger partial charge in [-0.3, -0.25) is 4.79 Å². The Hall–Kier alpha value is -1.61. The number of amides is 1. The van der Waals surface area contributed by atoms with Crippen molar-refractivity contribution < 1.29 is 26.4 Å². The number of sulfonamides is 1. The zero-order valence-corrected chi connectivity index (χ0v) is 9.89. The number of carbonyl (C=O) groups is 1. The van der Waals surface area contributed by atoms with Crippen LogP contribution in [-0.2, 0) is 14.8 Å². The molecule has 18 heavy (non-hydrogen) atoms. The molecule has 1 rings (SSSR count). The number of nitrogens with two attached hydrogens (primary N) is 1. The number of nitrogens with one attached hydrogen (secondary N) is 1. The molecule has 0 saturated heterocycles. The van der Waals surface area contributed by atoms with Crippen LogP contribution in [-0.4, -0.2) is 20.5 Å². The molecule has 1 aromatic rings. The van der Waals surface area contributed by atoms with Crippen molar-refractivity contribution in [1.29, 1.82) is 0 Å². The Balaban J connectivity index is 3.12. The average Bonchev–Trinajstić information content (AvgIpc) is 2.17. The number of aryl methyl sites for hydroxylation is 1. The second-order valence-electron chi connectivity index (χ2n) is 3.48. The summed E-state index contributed by atoms with van der Waals surface area (Å²) >= 11 is 0. The number of primary sulfonamides is 1. The molecule has 9 heteroatoms. The zero-order valence-electron chi connectivity index (χ0n) is 9.08. The van der Waals surface area contributed by atoms with Gasteiger partial charge in [0.05, 0.1) is 4.90 Å². The van der Waals surface area contributed by atoms with Gasteiger partial charge in [-0.1, -0.05) is 6.07 Å². The number of benzene rings is 1. The molecule has 0 fully saturated rings. The van der Waals surface area contributed by atoms with Gasteiger partial charge >= 0.3 is 12.1 Å². The molecule has 0 bridgehead atoms. The van der Waals surface area contributed by atoms with Crippen LogP contribution in [0.5, 0.6) is 0 Å². The number of carbonyl (C=O) groups excluding carboxylic acids is 1. The molecule has 1 aromatic carbocycles. The first-order valence-electron chi connectivity index (χ1n) is 4.53. The highest BCUT2D eigenvalue weighted by molar-refractivity contribution is 7.89. The van der Waals surface area contributed by atoms with E-state index in [9.17, 15) is 26.4 Å². The molecule has 3 N–H and O–H groups in total. The SMILES string of the molecule is Cc1ccc(NC(=O)C(F)(F)F)cc1S(N)(=O)=O. The first kappa shape index (κ1) is 14.5. The fourth-order valence-electron chi connectivity index (χ4n) is 1.19. The third kappa shape index (κ3) is 3.44. The summed E-state index contributed by atoms with van der Waals surface area (Å²) in [5.41, 5.74) is -0.0329. The summed E-state index contributed by atoms with van der Waals surface area (Å²) < 4.78 is 58.2. The molecule has 0 saturated carbocycles. The van der Waals surface area contributed by atoms with Gasteiger partial charge in [-0.15, -0.1) is 0 Å². The van der Waals surface area contributed by atoms with Gasteiger partial charge < -0.3 is 5.32 Å². The molecule has 100 valence electrons. The molecular formula is C9H9F3N2O3S. The number of hydrogen-bond donors (Lipinski definition) is 2. The minimum atomic E-state index is -5.05. The van der Waals surface area contributed by atoms with Gasteiger partial charge in [-0.2, -0.15) is 13.2 Å². The van der Waals surface area contributed by atoms with Crippen LogP contribution in [0.15, 0.2) is 23.1 Å². The Morgan fingerprint density at radius 1 is 1.33 bits per heavy atom. The van der Waals surface area contributed by atoms with E-state index in [1.54, 1.807) is 0 Å². The van der Waals surface area contributed by atoms with E-state index in [4.69, 9.17) is 5.14 Å². The first-order valence-corrected chi connectivity index (χ1v) is 6.08. The second kappa shape index (κ2) is 4.58. The van der Waals surface area contributed by atoms with Gasteiger partial charge in [0.25, 0.3) is 0 Å². The van der Waals surface area contributed by atoms with Crippen molar-refractivity contribution in [1.82, 2.24) is 0 Å². The summed E-state index contributed by atoms with van der Waals surface area (Å²) in [6.07, 6.45) is -5.05. The van der Waals surface area contributed by atoms with E-state index < -0.39 is 22.1 Å². The molecule has 1 amide bonds. The summed E-state index contributed by atoms with van der Waals surface area (Å²) in [4.78, 5) is 10.3. The number of alkyl halides is 3. The minimum Gasteiger partial charge on any atom is -0.318 e. The standard InChI is InChI=1S/C9H9F3N2O3S/c1-5-2-3-6(4-7(5)18(13,16)17)14-8(15)9(10,11)12/h2-4H,1H3,(H,14,15)(H2,13,16,17). The van der Waals surface area contributed by atoms with E-state index in [1.807, 2.05) is 0 Å². The average molecular weight is 282 g/mol. The predicted octanol–water partition coefficient (Wildman–Crippen LogP) is 1.14. The van der Waals surface area contributed by atoms with Crippen LogP contribution in [0.2, 0.25) is 0 Å². The normalized spacial score (nSPS) is 12.3. The highest BCUT2D eigenvalue weighted by Gasteiger charge is 2.38. The van der Waals surface area contributed by atoms with Crippen LogP contribution < -0.4 is 10.5 Å². The predicted molar refractivity (Wildman–Crippen MR) is 57.2 cm³/mol. The molecule has 0 atom stereocenters. The molecule has 0 aromatic heterocycles. The van der Waals surface area contributed by atoms with Gasteiger partial charge in [0, 0.05) is 5.69 Å². The van der Waals surface area contributed by atoms with Crippen molar-refractivity contribution in [2.45, 2.75) is 18.0 Å². The van der Waals surface area contributed by atoms with E-state index in [2.05, 4.69) is 0 Å². The first-order chi connectivity index (χ1) is 8.01. The van der Waals surface area contributed by atoms with Crippen LogP contribution in [0.4, 0.5) is 18.9 Å². The Kier molecular flexibility index (Phi) is 3.67. The molecule has 0 radical (unpaired) electrons. The number of anilines is 1. The van der Waals surface area contributed by atoms with Crippen molar-refractivity contribution >= 4 is 21.6 Å². The molecular weight excluding hydrogens is 273 g/mol. The lowest BCUT2D eigenvalue weighted by Gasteiger charge is -2.10. The zero-order chi connectivity index (χ0) is 14.1. The van der Waals surface area contributed by atoms with Crippen molar-refractivity contribution in [2.24, 2.45) is 5.14 Å². The van der Waals surface area contributed by atoms with Crippen LogP contribution in [0, 0.1) is 6.92 Å². The number of rotatable bonds is 2. The largest absolute Gasteiger partial charge is 0.471 e. The van der Waals surface area contributed by atoms with E-state index in [1.165, 1.54) is 18.3 Å². The van der Waals surface area contributed by atoms with Crippen LogP contribution in [0.25, 0.3) is 0 Å². The molecule has 0 aliphatic rings. The smallest absolute Gasteiger partial charge is 0.318 e. The van der Waals surface area contributed by atoms with Crippen LogP contribution in [0.1, 0.15) is 5.56 Å². The Labute approximate surface area is 101 Å². The highest BCUT2D eigenvalue weighted by Crippen LogP contribution is 2.22. The summed E-state index contributed by atoms with van der Waals surface area (Å²) in [5.74, 6) is -2.19. The lowest BCUT2D eigenvalue weighted by atomic mass is 10.2. The fraction of sp³-hybridized carbons (Fsp3) is 0.222. The van der Waals surface area contributed by atoms with E-state index in [0.717, 1.165) is 12.1 Å². The molecule has 0 aliphatic heterocycles. The van der Waals surface area contributed by atoms with Crippen molar-refractivity contribution in [3.63, 3.8) is 0 Å². The number of hydrogen-bond acceptors (Lipinski definition) is 3. The molecule has 0 spiro atoms. The molecule has 0 heterocycles. The van der Waals surface area contributed by atoms with Gasteiger partial charge in [-0.25, -0.2) is 13.6 Å². The third-order valence-corrected chi connectivity index (χ3v) is 3.06. The maximum Gasteiger partial charge on any atom is 0.471 e. The molecule has 0 unspecified atom stereocenters. The summed E-state index contributed by atoms with van der Waals surface area (Å²) in [7, 11) is -4.06. The Morgan fingerprint density at radius 2 is 1.89 bits per heavy atom. The van der Waals surface area contributed by atoms with Crippen molar-refractivity contribution in [3.8, 4) is 0 Å². The summed E-state index contributed by atoms with van der Waals surface area (Å²) in [6.45, 7) is 1.43. The van der Waals surface area contributed by atoms with Gasteiger partial charge in [0.15, 0.2) is 0 Å². The van der Waals surface area contributed by atoms with Gasteiger partial charge in [-0.05, 0) is 24.6 Å². The second-order valence-corrected chi connectivity index (χ2v) is 5.01. The third-order valence-electron chi connectivity index (χ3n) is 2.01. The highest BCUT2D eigenvalue weighted by atomic mass is 32.2. The lowest BCUT2D eigenvalue weighted by Crippen LogP contribution is -2.30. The monoisotopic (exact) mass is 282 g/mol. The Bertz CT molecular complexity index is 581. The van der Waals surface area contributed by atoms with Crippen LogP contribution >= 0.6 is 0 Å². The fourth-order valence-corrected chi connectivity index (χ4v) is 1.99. The van der Waals surface area contributed by atoms with Gasteiger partial charge in [0.2, 0.25) is 10.0 Å². The van der Waals surface area contributed by atoms with Crippen LogP contribution in [0.3, 0.4) is 0 Å². The maximum atomic E-state index is 12.0. The minimum absolute atomic E-state index is 0.266. The van der Waals surface area contributed by atoms with Crippen molar-refractivity contribution in [2.75, 3.05) is 5.32 Å². The Morgan fingerprint density at radius 3 is 2.33 bits per heavy atom. The summed E-state index contributed by atoms with van der Waals surface area (Å²) in [6, 6.07) is 3.26. The number of halogens is 3. The van der Waals surface area contributed by atoms with Crippen molar-refractivity contribution in [3.05, 3.63) is 23.8 Å². The maximum absolute atomic E-state index is 12.0. The van der Waals surface area contributed by atoms with E-state index in [0.29, 0.717) is 0 Å². The molecule has 0 aliphatic carbocycles. The topological polar surface area (TPSA) is 89.3 Å². The molecule has 5 nitrogen and oxygen atoms in total. The summed E-state index contributed by atoms with van der Waals surface area (Å²) in [5, 5.41) is 6.42. The lowest BCUT2D eigenvalue weighted by molar-refractivity contribution is -0.167.